The number of nitrogen functional groups attached to an aromatic ring is 1. The summed E-state index contributed by atoms with van der Waals surface area (Å²) in [6, 6.07) is 4.36. The summed E-state index contributed by atoms with van der Waals surface area (Å²) in [5, 5.41) is 7.72. The van der Waals surface area contributed by atoms with Crippen LogP contribution in [-0.4, -0.2) is 15.5 Å². The molecule has 13 heavy (non-hydrogen) atoms. The van der Waals surface area contributed by atoms with Crippen LogP contribution in [0.15, 0.2) is 23.1 Å². The molecule has 5 nitrogen and oxygen atoms in total. The van der Waals surface area contributed by atoms with E-state index in [0.717, 1.165) is 0 Å². The summed E-state index contributed by atoms with van der Waals surface area (Å²) in [6.45, 7) is 0. The van der Waals surface area contributed by atoms with Gasteiger partial charge in [-0.3, -0.25) is 0 Å². The predicted molar refractivity (Wildman–Crippen MR) is 51.8 cm³/mol. The Morgan fingerprint density at radius 2 is 1.92 bits per heavy atom. The van der Waals surface area contributed by atoms with E-state index in [1.54, 1.807) is 13.1 Å². The average molecular weight is 201 g/mol. The van der Waals surface area contributed by atoms with Crippen LogP contribution in [-0.2, 0) is 10.0 Å². The third kappa shape index (κ3) is 2.33. The standard InChI is InChI=1S/C7H11N3O2S/c1-10-6-2-5(8)3-7(4-6)13(9,11)12/h2-4,10H,8H2,1H3,(H2,9,11,12). The molecule has 0 aromatic heterocycles. The van der Waals surface area contributed by atoms with Crippen LogP contribution in [0.4, 0.5) is 11.4 Å². The van der Waals surface area contributed by atoms with Crippen molar-refractivity contribution in [2.45, 2.75) is 4.90 Å². The van der Waals surface area contributed by atoms with Crippen molar-refractivity contribution in [3.05, 3.63) is 18.2 Å². The van der Waals surface area contributed by atoms with Crippen LogP contribution in [0.1, 0.15) is 0 Å². The molecule has 0 saturated heterocycles. The van der Waals surface area contributed by atoms with E-state index in [1.807, 2.05) is 0 Å². The highest BCUT2D eigenvalue weighted by molar-refractivity contribution is 7.89. The van der Waals surface area contributed by atoms with Crippen molar-refractivity contribution in [3.63, 3.8) is 0 Å². The van der Waals surface area contributed by atoms with Gasteiger partial charge >= 0.3 is 0 Å². The molecule has 1 rings (SSSR count). The van der Waals surface area contributed by atoms with Gasteiger partial charge in [0.1, 0.15) is 0 Å². The Hall–Kier alpha value is -1.27. The number of benzene rings is 1. The largest absolute Gasteiger partial charge is 0.399 e. The maximum Gasteiger partial charge on any atom is 0.238 e. The lowest BCUT2D eigenvalue weighted by molar-refractivity contribution is 0.598. The number of nitrogens with two attached hydrogens (primary N) is 2. The minimum absolute atomic E-state index is 0.0110. The summed E-state index contributed by atoms with van der Waals surface area (Å²) in [7, 11) is -2.01. The van der Waals surface area contributed by atoms with Crippen molar-refractivity contribution in [2.24, 2.45) is 5.14 Å². The zero-order valence-corrected chi connectivity index (χ0v) is 7.93. The molecule has 0 spiro atoms. The van der Waals surface area contributed by atoms with Gasteiger partial charge in [-0.15, -0.1) is 0 Å². The predicted octanol–water partition coefficient (Wildman–Crippen LogP) is -0.0421. The van der Waals surface area contributed by atoms with Crippen LogP contribution in [0.3, 0.4) is 0 Å². The fraction of sp³-hybridized carbons (Fsp3) is 0.143. The Labute approximate surface area is 76.8 Å². The Morgan fingerprint density at radius 1 is 1.31 bits per heavy atom. The number of anilines is 2. The summed E-state index contributed by atoms with van der Waals surface area (Å²) in [5.74, 6) is 0. The van der Waals surface area contributed by atoms with E-state index in [0.29, 0.717) is 11.4 Å². The second-order valence-corrected chi connectivity index (χ2v) is 4.15. The highest BCUT2D eigenvalue weighted by atomic mass is 32.2. The van der Waals surface area contributed by atoms with Gasteiger partial charge in [-0.1, -0.05) is 0 Å². The fourth-order valence-corrected chi connectivity index (χ4v) is 1.52. The van der Waals surface area contributed by atoms with Gasteiger partial charge in [-0.05, 0) is 18.2 Å². The number of hydrogen-bond donors (Lipinski definition) is 3. The van der Waals surface area contributed by atoms with Crippen molar-refractivity contribution in [2.75, 3.05) is 18.1 Å². The summed E-state index contributed by atoms with van der Waals surface area (Å²) < 4.78 is 21.9. The minimum Gasteiger partial charge on any atom is -0.399 e. The summed E-state index contributed by atoms with van der Waals surface area (Å²) in [4.78, 5) is 0.0110. The average Bonchev–Trinajstić information content (AvgIpc) is 2.01. The normalized spacial score (nSPS) is 11.2. The Balaban J connectivity index is 3.33. The Morgan fingerprint density at radius 3 is 2.38 bits per heavy atom. The number of rotatable bonds is 2. The van der Waals surface area contributed by atoms with E-state index >= 15 is 0 Å². The van der Waals surface area contributed by atoms with Gasteiger partial charge < -0.3 is 11.1 Å². The van der Waals surface area contributed by atoms with Crippen molar-refractivity contribution >= 4 is 21.4 Å². The molecule has 0 aliphatic carbocycles. The fourth-order valence-electron chi connectivity index (χ4n) is 0.931. The highest BCUT2D eigenvalue weighted by Gasteiger charge is 2.08. The lowest BCUT2D eigenvalue weighted by atomic mass is 10.3. The molecule has 0 radical (unpaired) electrons. The molecule has 5 N–H and O–H groups in total. The van der Waals surface area contributed by atoms with Crippen LogP contribution in [0, 0.1) is 0 Å². The van der Waals surface area contributed by atoms with Crippen LogP contribution in [0.2, 0.25) is 0 Å². The summed E-state index contributed by atoms with van der Waals surface area (Å²) >= 11 is 0. The van der Waals surface area contributed by atoms with Crippen molar-refractivity contribution in [3.8, 4) is 0 Å². The monoisotopic (exact) mass is 201 g/mol. The van der Waals surface area contributed by atoms with E-state index in [-0.39, 0.29) is 4.90 Å². The lowest BCUT2D eigenvalue weighted by Crippen LogP contribution is -2.12. The zero-order valence-electron chi connectivity index (χ0n) is 7.11. The molecule has 0 aliphatic heterocycles. The summed E-state index contributed by atoms with van der Waals surface area (Å²) in [6.07, 6.45) is 0. The Bertz CT molecular complexity index is 414. The van der Waals surface area contributed by atoms with Crippen LogP contribution in [0.5, 0.6) is 0 Å². The lowest BCUT2D eigenvalue weighted by Gasteiger charge is -2.04. The van der Waals surface area contributed by atoms with Gasteiger partial charge in [0.2, 0.25) is 10.0 Å². The topological polar surface area (TPSA) is 98.2 Å². The maximum atomic E-state index is 10.9. The van der Waals surface area contributed by atoms with Gasteiger partial charge in [0.15, 0.2) is 0 Å². The quantitative estimate of drug-likeness (QED) is 0.584. The van der Waals surface area contributed by atoms with E-state index < -0.39 is 10.0 Å². The first kappa shape index (κ1) is 9.82. The number of sulfonamides is 1. The second kappa shape index (κ2) is 3.23. The van der Waals surface area contributed by atoms with Gasteiger partial charge in [-0.2, -0.15) is 0 Å². The van der Waals surface area contributed by atoms with Gasteiger partial charge in [0.25, 0.3) is 0 Å². The van der Waals surface area contributed by atoms with Gasteiger partial charge in [0, 0.05) is 18.4 Å². The number of primary sulfonamides is 1. The molecule has 0 unspecified atom stereocenters. The molecular weight excluding hydrogens is 190 g/mol. The molecule has 72 valence electrons. The molecule has 0 aliphatic rings. The van der Waals surface area contributed by atoms with E-state index in [9.17, 15) is 8.42 Å². The molecule has 0 heterocycles. The Kier molecular flexibility index (Phi) is 2.44. The molecule has 6 heteroatoms. The minimum atomic E-state index is -3.68. The van der Waals surface area contributed by atoms with Crippen LogP contribution in [0.25, 0.3) is 0 Å². The second-order valence-electron chi connectivity index (χ2n) is 2.59. The SMILES string of the molecule is CNc1cc(N)cc(S(N)(=O)=O)c1. The first-order chi connectivity index (χ1) is 5.93. The molecule has 0 amide bonds. The van der Waals surface area contributed by atoms with E-state index in [4.69, 9.17) is 10.9 Å². The molecule has 0 saturated carbocycles. The molecular formula is C7H11N3O2S. The van der Waals surface area contributed by atoms with E-state index in [1.165, 1.54) is 12.1 Å². The van der Waals surface area contributed by atoms with Crippen LogP contribution < -0.4 is 16.2 Å². The smallest absolute Gasteiger partial charge is 0.238 e. The number of nitrogens with one attached hydrogen (secondary N) is 1. The first-order valence-corrected chi connectivity index (χ1v) is 5.09. The van der Waals surface area contributed by atoms with Gasteiger partial charge in [-0.25, -0.2) is 13.6 Å². The number of hydrogen-bond acceptors (Lipinski definition) is 4. The molecule has 1 aromatic carbocycles. The van der Waals surface area contributed by atoms with Crippen molar-refractivity contribution < 1.29 is 8.42 Å². The van der Waals surface area contributed by atoms with Crippen molar-refractivity contribution in [1.29, 1.82) is 0 Å². The zero-order chi connectivity index (χ0) is 10.1. The van der Waals surface area contributed by atoms with Gasteiger partial charge in [0.05, 0.1) is 4.90 Å². The third-order valence-corrected chi connectivity index (χ3v) is 2.44. The third-order valence-electron chi connectivity index (χ3n) is 1.55. The molecule has 0 fully saturated rings. The maximum absolute atomic E-state index is 10.9. The van der Waals surface area contributed by atoms with Crippen LogP contribution >= 0.6 is 0 Å². The molecule has 0 bridgehead atoms. The molecule has 0 atom stereocenters. The summed E-state index contributed by atoms with van der Waals surface area (Å²) in [5.41, 5.74) is 6.44. The van der Waals surface area contributed by atoms with E-state index in [2.05, 4.69) is 5.32 Å². The molecule has 1 aromatic rings. The van der Waals surface area contributed by atoms with Crippen molar-refractivity contribution in [1.82, 2.24) is 0 Å². The highest BCUT2D eigenvalue weighted by Crippen LogP contribution is 2.18. The first-order valence-electron chi connectivity index (χ1n) is 3.54.